The van der Waals surface area contributed by atoms with Crippen molar-refractivity contribution in [1.82, 2.24) is 20.3 Å². The van der Waals surface area contributed by atoms with Crippen LogP contribution in [0.5, 0.6) is 0 Å². The largest absolute Gasteiger partial charge is 0.348 e. The zero-order chi connectivity index (χ0) is 14.8. The molecule has 0 saturated carbocycles. The summed E-state index contributed by atoms with van der Waals surface area (Å²) in [6, 6.07) is 11.1. The normalized spacial score (nSPS) is 10.8. The lowest BCUT2D eigenvalue weighted by Gasteiger charge is -2.05. The van der Waals surface area contributed by atoms with Crippen LogP contribution in [0.4, 0.5) is 4.39 Å². The van der Waals surface area contributed by atoms with E-state index < -0.39 is 0 Å². The average molecular weight is 284 g/mol. The predicted octanol–water partition coefficient (Wildman–Crippen LogP) is 2.04. The number of hydrogen-bond acceptors (Lipinski definition) is 3. The summed E-state index contributed by atoms with van der Waals surface area (Å²) in [4.78, 5) is 11.9. The molecule has 2 aromatic carbocycles. The van der Waals surface area contributed by atoms with Gasteiger partial charge in [-0.05, 0) is 42.0 Å². The summed E-state index contributed by atoms with van der Waals surface area (Å²) in [7, 11) is 1.82. The van der Waals surface area contributed by atoms with E-state index in [0.29, 0.717) is 12.1 Å². The molecule has 0 bridgehead atoms. The number of rotatable bonds is 3. The fourth-order valence-electron chi connectivity index (χ4n) is 2.08. The summed E-state index contributed by atoms with van der Waals surface area (Å²) in [5.41, 5.74) is 3.07. The van der Waals surface area contributed by atoms with E-state index in [9.17, 15) is 9.18 Å². The lowest BCUT2D eigenvalue weighted by Crippen LogP contribution is -2.22. The van der Waals surface area contributed by atoms with Gasteiger partial charge in [0, 0.05) is 19.2 Å². The zero-order valence-electron chi connectivity index (χ0n) is 11.4. The molecule has 0 unspecified atom stereocenters. The van der Waals surface area contributed by atoms with Crippen molar-refractivity contribution in [1.29, 1.82) is 0 Å². The molecular weight excluding hydrogens is 271 g/mol. The maximum Gasteiger partial charge on any atom is 0.251 e. The highest BCUT2D eigenvalue weighted by Gasteiger charge is 2.07. The first-order valence-corrected chi connectivity index (χ1v) is 6.45. The molecule has 1 N–H and O–H groups in total. The number of hydrogen-bond donors (Lipinski definition) is 1. The predicted molar refractivity (Wildman–Crippen MR) is 76.1 cm³/mol. The van der Waals surface area contributed by atoms with Crippen molar-refractivity contribution in [3.05, 3.63) is 59.4 Å². The van der Waals surface area contributed by atoms with Gasteiger partial charge in [-0.25, -0.2) is 9.07 Å². The third kappa shape index (κ3) is 2.74. The molecule has 0 aliphatic carbocycles. The van der Waals surface area contributed by atoms with Crippen molar-refractivity contribution in [2.45, 2.75) is 6.54 Å². The summed E-state index contributed by atoms with van der Waals surface area (Å²) >= 11 is 0. The van der Waals surface area contributed by atoms with Crippen molar-refractivity contribution in [2.75, 3.05) is 0 Å². The van der Waals surface area contributed by atoms with Crippen molar-refractivity contribution < 1.29 is 9.18 Å². The summed E-state index contributed by atoms with van der Waals surface area (Å²) in [5.74, 6) is -0.603. The second-order valence-electron chi connectivity index (χ2n) is 4.73. The van der Waals surface area contributed by atoms with E-state index in [1.54, 1.807) is 4.68 Å². The Morgan fingerprint density at radius 3 is 2.76 bits per heavy atom. The molecule has 0 aliphatic rings. The van der Waals surface area contributed by atoms with Crippen LogP contribution >= 0.6 is 0 Å². The van der Waals surface area contributed by atoms with Crippen LogP contribution in [-0.4, -0.2) is 20.9 Å². The van der Waals surface area contributed by atoms with E-state index in [1.165, 1.54) is 24.3 Å². The maximum atomic E-state index is 12.8. The first-order chi connectivity index (χ1) is 10.1. The minimum Gasteiger partial charge on any atom is -0.348 e. The molecule has 0 atom stereocenters. The van der Waals surface area contributed by atoms with Gasteiger partial charge in [-0.1, -0.05) is 11.3 Å². The Labute approximate surface area is 120 Å². The van der Waals surface area contributed by atoms with Crippen molar-refractivity contribution in [2.24, 2.45) is 7.05 Å². The quantitative estimate of drug-likeness (QED) is 0.800. The Morgan fingerprint density at radius 2 is 2.00 bits per heavy atom. The van der Waals surface area contributed by atoms with E-state index in [0.717, 1.165) is 16.6 Å². The number of nitrogens with zero attached hydrogens (tertiary/aromatic N) is 3. The lowest BCUT2D eigenvalue weighted by atomic mass is 10.1. The fourth-order valence-corrected chi connectivity index (χ4v) is 2.08. The van der Waals surface area contributed by atoms with Crippen LogP contribution in [0.1, 0.15) is 15.9 Å². The average Bonchev–Trinajstić information content (AvgIpc) is 2.86. The molecule has 1 aromatic heterocycles. The molecule has 0 aliphatic heterocycles. The van der Waals surface area contributed by atoms with Gasteiger partial charge in [0.25, 0.3) is 5.91 Å². The monoisotopic (exact) mass is 284 g/mol. The van der Waals surface area contributed by atoms with Gasteiger partial charge in [-0.2, -0.15) is 0 Å². The van der Waals surface area contributed by atoms with Gasteiger partial charge in [0.1, 0.15) is 11.3 Å². The van der Waals surface area contributed by atoms with Crippen LogP contribution < -0.4 is 5.32 Å². The zero-order valence-corrected chi connectivity index (χ0v) is 11.4. The number of aromatic nitrogens is 3. The minimum absolute atomic E-state index is 0.241. The Bertz CT molecular complexity index is 795. The molecule has 1 amide bonds. The Hall–Kier alpha value is -2.76. The van der Waals surface area contributed by atoms with Crippen LogP contribution in [0, 0.1) is 5.82 Å². The number of amides is 1. The molecule has 0 radical (unpaired) electrons. The van der Waals surface area contributed by atoms with Gasteiger partial charge < -0.3 is 5.32 Å². The number of carbonyl (C=O) groups excluding carboxylic acids is 1. The number of aryl methyl sites for hydroxylation is 1. The third-order valence-electron chi connectivity index (χ3n) is 3.23. The van der Waals surface area contributed by atoms with Crippen molar-refractivity contribution >= 4 is 16.9 Å². The van der Waals surface area contributed by atoms with Gasteiger partial charge in [-0.15, -0.1) is 5.10 Å². The molecule has 3 rings (SSSR count). The highest BCUT2D eigenvalue weighted by molar-refractivity contribution is 5.94. The highest BCUT2D eigenvalue weighted by atomic mass is 19.1. The van der Waals surface area contributed by atoms with Gasteiger partial charge in [0.15, 0.2) is 0 Å². The Kier molecular flexibility index (Phi) is 3.35. The molecule has 0 spiro atoms. The molecule has 106 valence electrons. The molecule has 6 heteroatoms. The van der Waals surface area contributed by atoms with E-state index in [1.807, 2.05) is 25.2 Å². The molecule has 1 heterocycles. The van der Waals surface area contributed by atoms with E-state index >= 15 is 0 Å². The molecule has 21 heavy (non-hydrogen) atoms. The van der Waals surface area contributed by atoms with E-state index in [2.05, 4.69) is 15.6 Å². The number of halogens is 1. The number of carbonyl (C=O) groups is 1. The van der Waals surface area contributed by atoms with Crippen LogP contribution in [0.3, 0.4) is 0 Å². The number of nitrogens with one attached hydrogen (secondary N) is 1. The smallest absolute Gasteiger partial charge is 0.251 e. The molecule has 0 saturated heterocycles. The van der Waals surface area contributed by atoms with E-state index in [-0.39, 0.29) is 11.7 Å². The minimum atomic E-state index is -0.361. The molecular formula is C15H13FN4O. The Morgan fingerprint density at radius 1 is 1.24 bits per heavy atom. The topological polar surface area (TPSA) is 59.8 Å². The fraction of sp³-hybridized carbons (Fsp3) is 0.133. The summed E-state index contributed by atoms with van der Waals surface area (Å²) in [5, 5.41) is 10.8. The first-order valence-electron chi connectivity index (χ1n) is 6.45. The van der Waals surface area contributed by atoms with Gasteiger partial charge >= 0.3 is 0 Å². The first kappa shape index (κ1) is 13.2. The standard InChI is InChI=1S/C15H13FN4O/c1-20-14-7-2-10(8-13(14)18-19-20)9-17-15(21)11-3-5-12(16)6-4-11/h2-8H,9H2,1H3,(H,17,21). The van der Waals surface area contributed by atoms with Crippen LogP contribution in [0.15, 0.2) is 42.5 Å². The van der Waals surface area contributed by atoms with Crippen LogP contribution in [-0.2, 0) is 13.6 Å². The van der Waals surface area contributed by atoms with Crippen LogP contribution in [0.25, 0.3) is 11.0 Å². The molecule has 3 aromatic rings. The maximum absolute atomic E-state index is 12.8. The second-order valence-corrected chi connectivity index (χ2v) is 4.73. The second kappa shape index (κ2) is 5.32. The number of benzene rings is 2. The van der Waals surface area contributed by atoms with Crippen molar-refractivity contribution in [3.63, 3.8) is 0 Å². The van der Waals surface area contributed by atoms with Crippen LogP contribution in [0.2, 0.25) is 0 Å². The lowest BCUT2D eigenvalue weighted by molar-refractivity contribution is 0.0951. The highest BCUT2D eigenvalue weighted by Crippen LogP contribution is 2.12. The van der Waals surface area contributed by atoms with Gasteiger partial charge in [0.05, 0.1) is 5.52 Å². The van der Waals surface area contributed by atoms with Gasteiger partial charge in [-0.3, -0.25) is 4.79 Å². The summed E-state index contributed by atoms with van der Waals surface area (Å²) in [6.07, 6.45) is 0. The SMILES string of the molecule is Cn1nnc2cc(CNC(=O)c3ccc(F)cc3)ccc21. The number of fused-ring (bicyclic) bond motifs is 1. The molecule has 5 nitrogen and oxygen atoms in total. The van der Waals surface area contributed by atoms with Crippen molar-refractivity contribution in [3.8, 4) is 0 Å². The summed E-state index contributed by atoms with van der Waals surface area (Å²) in [6.45, 7) is 0.378. The molecule has 0 fully saturated rings. The van der Waals surface area contributed by atoms with E-state index in [4.69, 9.17) is 0 Å². The van der Waals surface area contributed by atoms with Gasteiger partial charge in [0.2, 0.25) is 0 Å². The summed E-state index contributed by atoms with van der Waals surface area (Å²) < 4.78 is 14.5. The third-order valence-corrected chi connectivity index (χ3v) is 3.23. The Balaban J connectivity index is 1.71.